The summed E-state index contributed by atoms with van der Waals surface area (Å²) < 4.78 is 34.5. The fraction of sp³-hybridized carbons (Fsp3) is 0.0455. The second-order valence-corrected chi connectivity index (χ2v) is 8.12. The van der Waals surface area contributed by atoms with Crippen molar-refractivity contribution in [2.45, 2.75) is 6.92 Å². The Morgan fingerprint density at radius 1 is 1.00 bits per heavy atom. The second-order valence-electron chi connectivity index (χ2n) is 6.55. The Kier molecular flexibility index (Phi) is 5.76. The van der Waals surface area contributed by atoms with Crippen molar-refractivity contribution in [1.82, 2.24) is 19.7 Å². The van der Waals surface area contributed by atoms with Gasteiger partial charge in [0, 0.05) is 24.1 Å². The number of rotatable bonds is 7. The third kappa shape index (κ3) is 5.55. The van der Waals surface area contributed by atoms with E-state index < -0.39 is 10.0 Å². The van der Waals surface area contributed by atoms with Gasteiger partial charge in [-0.1, -0.05) is 30.3 Å². The van der Waals surface area contributed by atoms with Gasteiger partial charge < -0.3 is 4.74 Å². The highest BCUT2D eigenvalue weighted by Gasteiger charge is 2.08. The molecule has 0 fully saturated rings. The van der Waals surface area contributed by atoms with Crippen LogP contribution in [0.4, 0.5) is 5.69 Å². The van der Waals surface area contributed by atoms with Crippen LogP contribution in [0.5, 0.6) is 11.6 Å². The molecule has 0 atom stereocenters. The van der Waals surface area contributed by atoms with Gasteiger partial charge in [0.2, 0.25) is 5.88 Å². The van der Waals surface area contributed by atoms with E-state index >= 15 is 0 Å². The molecule has 1 N–H and O–H groups in total. The predicted molar refractivity (Wildman–Crippen MR) is 118 cm³/mol. The Balaban J connectivity index is 1.45. The van der Waals surface area contributed by atoms with Crippen LogP contribution in [0.15, 0.2) is 84.5 Å². The first-order valence-corrected chi connectivity index (χ1v) is 10.9. The monoisotopic (exact) mass is 433 g/mol. The Labute approximate surface area is 179 Å². The van der Waals surface area contributed by atoms with E-state index in [1.807, 2.05) is 30.3 Å². The molecule has 0 aliphatic heterocycles. The highest BCUT2D eigenvalue weighted by Crippen LogP contribution is 2.23. The van der Waals surface area contributed by atoms with E-state index in [1.165, 1.54) is 6.08 Å². The molecule has 156 valence electrons. The Hall–Kier alpha value is -3.98. The van der Waals surface area contributed by atoms with Crippen molar-refractivity contribution in [2.75, 3.05) is 4.72 Å². The maximum atomic E-state index is 12.3. The molecule has 2 aromatic carbocycles. The van der Waals surface area contributed by atoms with E-state index in [9.17, 15) is 8.42 Å². The van der Waals surface area contributed by atoms with Crippen molar-refractivity contribution in [2.24, 2.45) is 0 Å². The van der Waals surface area contributed by atoms with E-state index in [4.69, 9.17) is 4.74 Å². The number of nitrogens with one attached hydrogen (secondary N) is 1. The van der Waals surface area contributed by atoms with Gasteiger partial charge in [-0.2, -0.15) is 10.1 Å². The minimum atomic E-state index is -3.64. The van der Waals surface area contributed by atoms with E-state index in [1.54, 1.807) is 60.4 Å². The minimum Gasteiger partial charge on any atom is -0.439 e. The Morgan fingerprint density at radius 3 is 2.48 bits per heavy atom. The van der Waals surface area contributed by atoms with Gasteiger partial charge >= 0.3 is 0 Å². The highest BCUT2D eigenvalue weighted by atomic mass is 32.2. The number of hydrogen-bond donors (Lipinski definition) is 1. The molecule has 0 spiro atoms. The molecule has 0 aliphatic rings. The SMILES string of the molecule is Cc1nc(Oc2ccc(NS(=O)(=O)/C=C/c3ccccc3)cc2)cc(-n2cccn2)n1. The van der Waals surface area contributed by atoms with Crippen LogP contribution in [-0.4, -0.2) is 28.2 Å². The van der Waals surface area contributed by atoms with Crippen LogP contribution >= 0.6 is 0 Å². The van der Waals surface area contributed by atoms with Gasteiger partial charge in [-0.05, 0) is 48.9 Å². The van der Waals surface area contributed by atoms with Crippen LogP contribution in [0.3, 0.4) is 0 Å². The van der Waals surface area contributed by atoms with Gasteiger partial charge in [-0.25, -0.2) is 18.1 Å². The summed E-state index contributed by atoms with van der Waals surface area (Å²) in [5, 5.41) is 5.29. The van der Waals surface area contributed by atoms with Gasteiger partial charge in [0.25, 0.3) is 10.0 Å². The first-order valence-electron chi connectivity index (χ1n) is 9.36. The molecule has 2 aromatic heterocycles. The highest BCUT2D eigenvalue weighted by molar-refractivity contribution is 7.95. The van der Waals surface area contributed by atoms with E-state index in [2.05, 4.69) is 19.8 Å². The molecular formula is C22H19N5O3S. The van der Waals surface area contributed by atoms with Crippen LogP contribution in [0.1, 0.15) is 11.4 Å². The number of aromatic nitrogens is 4. The molecule has 8 nitrogen and oxygen atoms in total. The number of sulfonamides is 1. The topological polar surface area (TPSA) is 99.0 Å². The van der Waals surface area contributed by atoms with Crippen molar-refractivity contribution in [3.05, 3.63) is 95.9 Å². The molecule has 0 bridgehead atoms. The zero-order valence-electron chi connectivity index (χ0n) is 16.6. The second kappa shape index (κ2) is 8.80. The number of nitrogens with zero attached hydrogens (tertiary/aromatic N) is 4. The van der Waals surface area contributed by atoms with Gasteiger partial charge in [0.15, 0.2) is 5.82 Å². The zero-order valence-corrected chi connectivity index (χ0v) is 17.4. The van der Waals surface area contributed by atoms with E-state index in [0.717, 1.165) is 11.0 Å². The summed E-state index contributed by atoms with van der Waals surface area (Å²) in [4.78, 5) is 8.62. The normalized spacial score (nSPS) is 11.5. The largest absolute Gasteiger partial charge is 0.439 e. The Bertz CT molecular complexity index is 1290. The van der Waals surface area contributed by atoms with Gasteiger partial charge in [0.1, 0.15) is 11.6 Å². The standard InChI is InChI=1S/C22H19N5O3S/c1-17-24-21(27-14-5-13-23-27)16-22(25-17)30-20-10-8-19(9-11-20)26-31(28,29)15-12-18-6-3-2-4-7-18/h2-16,26H,1H3/b15-12+. The number of hydrogen-bond acceptors (Lipinski definition) is 6. The van der Waals surface area contributed by atoms with Crippen molar-refractivity contribution in [3.63, 3.8) is 0 Å². The van der Waals surface area contributed by atoms with E-state index in [0.29, 0.717) is 29.0 Å². The molecule has 4 rings (SSSR count). The first kappa shape index (κ1) is 20.3. The molecule has 9 heteroatoms. The zero-order chi connectivity index (χ0) is 21.7. The van der Waals surface area contributed by atoms with Crippen LogP contribution < -0.4 is 9.46 Å². The summed E-state index contributed by atoms with van der Waals surface area (Å²) in [5.74, 6) is 1.99. The molecule has 0 amide bonds. The quantitative estimate of drug-likeness (QED) is 0.470. The average Bonchev–Trinajstić information content (AvgIpc) is 3.29. The van der Waals surface area contributed by atoms with Crippen molar-refractivity contribution in [1.29, 1.82) is 0 Å². The molecule has 0 unspecified atom stereocenters. The molecule has 31 heavy (non-hydrogen) atoms. The number of aryl methyl sites for hydroxylation is 1. The summed E-state index contributed by atoms with van der Waals surface area (Å²) >= 11 is 0. The number of benzene rings is 2. The summed E-state index contributed by atoms with van der Waals surface area (Å²) in [5.41, 5.74) is 1.22. The Morgan fingerprint density at radius 2 is 1.77 bits per heavy atom. The number of anilines is 1. The third-order valence-electron chi connectivity index (χ3n) is 4.12. The first-order chi connectivity index (χ1) is 15.0. The molecule has 0 radical (unpaired) electrons. The van der Waals surface area contributed by atoms with Crippen molar-refractivity contribution in [3.8, 4) is 17.4 Å². The fourth-order valence-electron chi connectivity index (χ4n) is 2.74. The number of ether oxygens (including phenoxy) is 1. The van der Waals surface area contributed by atoms with Gasteiger partial charge in [-0.15, -0.1) is 0 Å². The van der Waals surface area contributed by atoms with Crippen LogP contribution in [0.2, 0.25) is 0 Å². The van der Waals surface area contributed by atoms with Crippen LogP contribution in [-0.2, 0) is 10.0 Å². The molecular weight excluding hydrogens is 414 g/mol. The molecule has 0 aliphatic carbocycles. The lowest BCUT2D eigenvalue weighted by molar-refractivity contribution is 0.459. The molecule has 0 saturated carbocycles. The summed E-state index contributed by atoms with van der Waals surface area (Å²) in [6, 6.07) is 19.2. The van der Waals surface area contributed by atoms with Crippen LogP contribution in [0.25, 0.3) is 11.9 Å². The van der Waals surface area contributed by atoms with E-state index in [-0.39, 0.29) is 0 Å². The molecule has 4 aromatic rings. The maximum Gasteiger partial charge on any atom is 0.255 e. The minimum absolute atomic E-state index is 0.358. The lowest BCUT2D eigenvalue weighted by Gasteiger charge is -2.09. The fourth-order valence-corrected chi connectivity index (χ4v) is 3.61. The van der Waals surface area contributed by atoms with Crippen molar-refractivity contribution >= 4 is 21.8 Å². The molecule has 0 saturated heterocycles. The third-order valence-corrected chi connectivity index (χ3v) is 5.13. The lowest BCUT2D eigenvalue weighted by atomic mass is 10.2. The van der Waals surface area contributed by atoms with Gasteiger partial charge in [0.05, 0.1) is 5.41 Å². The van der Waals surface area contributed by atoms with Crippen molar-refractivity contribution < 1.29 is 13.2 Å². The van der Waals surface area contributed by atoms with Crippen LogP contribution in [0, 0.1) is 6.92 Å². The average molecular weight is 433 g/mol. The summed E-state index contributed by atoms with van der Waals surface area (Å²) in [7, 11) is -3.64. The molecule has 2 heterocycles. The smallest absolute Gasteiger partial charge is 0.255 e. The lowest BCUT2D eigenvalue weighted by Crippen LogP contribution is -2.08. The maximum absolute atomic E-state index is 12.3. The predicted octanol–water partition coefficient (Wildman–Crippen LogP) is 4.18. The summed E-state index contributed by atoms with van der Waals surface area (Å²) in [6.45, 7) is 1.76. The van der Waals surface area contributed by atoms with Gasteiger partial charge in [-0.3, -0.25) is 4.72 Å². The summed E-state index contributed by atoms with van der Waals surface area (Å²) in [6.07, 6.45) is 4.97.